The van der Waals surface area contributed by atoms with Crippen molar-refractivity contribution in [2.24, 2.45) is 5.41 Å². The summed E-state index contributed by atoms with van der Waals surface area (Å²) in [5.41, 5.74) is 2.08. The van der Waals surface area contributed by atoms with Crippen LogP contribution < -0.4 is 15.4 Å². The summed E-state index contributed by atoms with van der Waals surface area (Å²) in [6.45, 7) is 7.68. The van der Waals surface area contributed by atoms with Crippen molar-refractivity contribution in [3.8, 4) is 16.3 Å². The molecule has 5 nitrogen and oxygen atoms in total. The predicted octanol–water partition coefficient (Wildman–Crippen LogP) is 4.10. The lowest BCUT2D eigenvalue weighted by atomic mass is 9.81. The molecule has 2 N–H and O–H groups in total. The molecule has 0 atom stereocenters. The van der Waals surface area contributed by atoms with Crippen molar-refractivity contribution < 1.29 is 9.53 Å². The van der Waals surface area contributed by atoms with Crippen LogP contribution in [0.25, 0.3) is 10.6 Å². The summed E-state index contributed by atoms with van der Waals surface area (Å²) in [5, 5.41) is 9.36. The quantitative estimate of drug-likeness (QED) is 0.672. The normalized spacial score (nSPS) is 15.1. The number of rotatable bonds is 7. The molecule has 0 radical (unpaired) electrons. The molecule has 3 rings (SSSR count). The van der Waals surface area contributed by atoms with Crippen LogP contribution in [0.2, 0.25) is 0 Å². The van der Waals surface area contributed by atoms with E-state index in [1.807, 2.05) is 36.6 Å². The number of aromatic nitrogens is 1. The van der Waals surface area contributed by atoms with Crippen LogP contribution in [0.5, 0.6) is 5.75 Å². The molecule has 2 heterocycles. The third-order valence-corrected chi connectivity index (χ3v) is 5.77. The Balaban J connectivity index is 0.00000196. The molecule has 1 aliphatic rings. The highest BCUT2D eigenvalue weighted by Gasteiger charge is 2.27. The first-order valence-corrected chi connectivity index (χ1v) is 10.1. The Kier molecular flexibility index (Phi) is 10.2. The van der Waals surface area contributed by atoms with Gasteiger partial charge in [0.05, 0.1) is 18.7 Å². The molecule has 156 valence electrons. The Labute approximate surface area is 183 Å². The van der Waals surface area contributed by atoms with Crippen LogP contribution >= 0.6 is 36.2 Å². The van der Waals surface area contributed by atoms with Gasteiger partial charge in [-0.3, -0.25) is 4.79 Å². The summed E-state index contributed by atoms with van der Waals surface area (Å²) < 4.78 is 5.47. The number of benzene rings is 1. The summed E-state index contributed by atoms with van der Waals surface area (Å²) in [7, 11) is 0. The third kappa shape index (κ3) is 6.92. The molecule has 1 aliphatic heterocycles. The molecular formula is C20H29Cl2N3O2S. The van der Waals surface area contributed by atoms with Crippen LogP contribution in [0.1, 0.15) is 32.4 Å². The highest BCUT2D eigenvalue weighted by molar-refractivity contribution is 7.13. The second kappa shape index (κ2) is 11.6. The molecule has 0 aliphatic carbocycles. The fraction of sp³-hybridized carbons (Fsp3) is 0.500. The highest BCUT2D eigenvalue weighted by Crippen LogP contribution is 2.27. The van der Waals surface area contributed by atoms with Crippen molar-refractivity contribution in [2.45, 2.75) is 33.1 Å². The molecule has 1 fully saturated rings. The Hall–Kier alpha value is -1.34. The Bertz CT molecular complexity index is 731. The van der Waals surface area contributed by atoms with E-state index in [1.54, 1.807) is 11.3 Å². The maximum atomic E-state index is 12.3. The molecular weight excluding hydrogens is 417 g/mol. The number of hydrogen-bond acceptors (Lipinski definition) is 5. The summed E-state index contributed by atoms with van der Waals surface area (Å²) in [6, 6.07) is 7.91. The van der Waals surface area contributed by atoms with Crippen LogP contribution in [-0.2, 0) is 11.2 Å². The van der Waals surface area contributed by atoms with Crippen molar-refractivity contribution in [2.75, 3.05) is 26.2 Å². The zero-order chi connectivity index (χ0) is 18.4. The average Bonchev–Trinajstić information content (AvgIpc) is 3.10. The first kappa shape index (κ1) is 24.7. The molecule has 1 aromatic carbocycles. The molecule has 1 aromatic heterocycles. The van der Waals surface area contributed by atoms with E-state index >= 15 is 0 Å². The minimum Gasteiger partial charge on any atom is -0.494 e. The Morgan fingerprint density at radius 3 is 2.57 bits per heavy atom. The van der Waals surface area contributed by atoms with Crippen molar-refractivity contribution in [3.05, 3.63) is 35.3 Å². The lowest BCUT2D eigenvalue weighted by molar-refractivity contribution is -0.121. The maximum absolute atomic E-state index is 12.3. The lowest BCUT2D eigenvalue weighted by Gasteiger charge is -2.34. The van der Waals surface area contributed by atoms with E-state index in [0.29, 0.717) is 13.0 Å². The Morgan fingerprint density at radius 1 is 1.25 bits per heavy atom. The average molecular weight is 446 g/mol. The summed E-state index contributed by atoms with van der Waals surface area (Å²) in [6.07, 6.45) is 2.54. The summed E-state index contributed by atoms with van der Waals surface area (Å²) >= 11 is 1.57. The number of ether oxygens (including phenoxy) is 1. The number of hydrogen-bond donors (Lipinski definition) is 2. The predicted molar refractivity (Wildman–Crippen MR) is 120 cm³/mol. The number of carbonyl (C=O) groups excluding carboxylic acids is 1. The van der Waals surface area contributed by atoms with E-state index in [9.17, 15) is 4.79 Å². The van der Waals surface area contributed by atoms with E-state index in [-0.39, 0.29) is 36.1 Å². The number of thiazole rings is 1. The number of piperidine rings is 1. The lowest BCUT2D eigenvalue weighted by Crippen LogP contribution is -2.43. The minimum absolute atomic E-state index is 0. The molecule has 0 saturated carbocycles. The summed E-state index contributed by atoms with van der Waals surface area (Å²) in [5.74, 6) is 0.909. The van der Waals surface area contributed by atoms with Crippen LogP contribution in [0.3, 0.4) is 0 Å². The van der Waals surface area contributed by atoms with Gasteiger partial charge in [0.25, 0.3) is 0 Å². The Morgan fingerprint density at radius 2 is 1.93 bits per heavy atom. The van der Waals surface area contributed by atoms with E-state index < -0.39 is 0 Å². The van der Waals surface area contributed by atoms with E-state index in [2.05, 4.69) is 22.5 Å². The van der Waals surface area contributed by atoms with Crippen molar-refractivity contribution >= 4 is 42.1 Å². The van der Waals surface area contributed by atoms with Crippen LogP contribution in [0.15, 0.2) is 29.6 Å². The number of halogens is 2. The van der Waals surface area contributed by atoms with Crippen LogP contribution in [0.4, 0.5) is 0 Å². The SMILES string of the molecule is CCOc1ccc(-c2nc(CC(=O)NCC3(C)CCNCC3)cs2)cc1.Cl.Cl. The smallest absolute Gasteiger partial charge is 0.226 e. The zero-order valence-electron chi connectivity index (χ0n) is 16.3. The second-order valence-electron chi connectivity index (χ2n) is 7.12. The first-order chi connectivity index (χ1) is 12.6. The number of carbonyl (C=O) groups is 1. The molecule has 0 unspecified atom stereocenters. The topological polar surface area (TPSA) is 63.2 Å². The van der Waals surface area contributed by atoms with Gasteiger partial charge in [-0.2, -0.15) is 0 Å². The van der Waals surface area contributed by atoms with Gasteiger partial charge in [0.1, 0.15) is 10.8 Å². The molecule has 8 heteroatoms. The van der Waals surface area contributed by atoms with E-state index in [1.165, 1.54) is 0 Å². The van der Waals surface area contributed by atoms with E-state index in [4.69, 9.17) is 4.74 Å². The molecule has 28 heavy (non-hydrogen) atoms. The molecule has 0 bridgehead atoms. The molecule has 1 saturated heterocycles. The monoisotopic (exact) mass is 445 g/mol. The number of nitrogens with zero attached hydrogens (tertiary/aromatic N) is 1. The van der Waals surface area contributed by atoms with E-state index in [0.717, 1.165) is 54.5 Å². The van der Waals surface area contributed by atoms with Gasteiger partial charge in [0, 0.05) is 17.5 Å². The summed E-state index contributed by atoms with van der Waals surface area (Å²) in [4.78, 5) is 16.9. The van der Waals surface area contributed by atoms with Gasteiger partial charge >= 0.3 is 0 Å². The van der Waals surface area contributed by atoms with Gasteiger partial charge in [0.15, 0.2) is 0 Å². The van der Waals surface area contributed by atoms with Crippen molar-refractivity contribution in [1.82, 2.24) is 15.6 Å². The van der Waals surface area contributed by atoms with Crippen molar-refractivity contribution in [1.29, 1.82) is 0 Å². The fourth-order valence-corrected chi connectivity index (χ4v) is 3.95. The minimum atomic E-state index is 0. The van der Waals surface area contributed by atoms with Gasteiger partial charge in [0.2, 0.25) is 5.91 Å². The maximum Gasteiger partial charge on any atom is 0.226 e. The standard InChI is InChI=1S/C20H27N3O2S.2ClH/c1-3-25-17-6-4-15(5-7-17)19-23-16(13-26-19)12-18(24)22-14-20(2)8-10-21-11-9-20;;/h4-7,13,21H,3,8-12,14H2,1-2H3,(H,22,24);2*1H. The largest absolute Gasteiger partial charge is 0.494 e. The van der Waals surface area contributed by atoms with Crippen LogP contribution in [0, 0.1) is 5.41 Å². The van der Waals surface area contributed by atoms with Crippen molar-refractivity contribution in [3.63, 3.8) is 0 Å². The zero-order valence-corrected chi connectivity index (χ0v) is 18.8. The highest BCUT2D eigenvalue weighted by atomic mass is 35.5. The van der Waals surface area contributed by atoms with Gasteiger partial charge in [-0.05, 0) is 62.5 Å². The first-order valence-electron chi connectivity index (χ1n) is 9.23. The van der Waals surface area contributed by atoms with Gasteiger partial charge in [-0.1, -0.05) is 6.92 Å². The van der Waals surface area contributed by atoms with Gasteiger partial charge in [-0.15, -0.1) is 36.2 Å². The number of nitrogens with one attached hydrogen (secondary N) is 2. The second-order valence-corrected chi connectivity index (χ2v) is 7.97. The molecule has 2 aromatic rings. The van der Waals surface area contributed by atoms with Gasteiger partial charge in [-0.25, -0.2) is 4.98 Å². The molecule has 1 amide bonds. The third-order valence-electron chi connectivity index (χ3n) is 4.83. The van der Waals surface area contributed by atoms with Gasteiger partial charge < -0.3 is 15.4 Å². The van der Waals surface area contributed by atoms with Crippen LogP contribution in [-0.4, -0.2) is 37.1 Å². The molecule has 0 spiro atoms. The fourth-order valence-electron chi connectivity index (χ4n) is 3.13. The number of amides is 1.